The highest BCUT2D eigenvalue weighted by Crippen LogP contribution is 2.39. The number of hydrogen-bond donors (Lipinski definition) is 11. The zero-order valence-electron chi connectivity index (χ0n) is 27.5. The van der Waals surface area contributed by atoms with Crippen molar-refractivity contribution in [2.75, 3.05) is 6.61 Å². The third-order valence-corrected chi connectivity index (χ3v) is 9.23. The molecule has 3 aliphatic heterocycles. The maximum absolute atomic E-state index is 14.0. The van der Waals surface area contributed by atoms with E-state index in [1.807, 2.05) is 0 Å². The Balaban J connectivity index is 1.38. The van der Waals surface area contributed by atoms with Crippen molar-refractivity contribution < 1.29 is 89.0 Å². The van der Waals surface area contributed by atoms with Gasteiger partial charge in [-0.25, -0.2) is 0 Å². The molecule has 52 heavy (non-hydrogen) atoms. The van der Waals surface area contributed by atoms with E-state index in [1.165, 1.54) is 38.1 Å². The molecule has 1 aromatic heterocycles. The monoisotopic (exact) mass is 740 g/mol. The molecule has 6 rings (SSSR count). The molecule has 0 bridgehead atoms. The molecule has 0 aliphatic carbocycles. The first-order valence-electron chi connectivity index (χ1n) is 16.2. The fourth-order valence-corrected chi connectivity index (χ4v) is 6.08. The van der Waals surface area contributed by atoms with Crippen LogP contribution in [0.3, 0.4) is 0 Å². The van der Waals surface area contributed by atoms with Gasteiger partial charge in [-0.15, -0.1) is 0 Å². The highest BCUT2D eigenvalue weighted by Gasteiger charge is 2.46. The highest BCUT2D eigenvalue weighted by molar-refractivity contribution is 5.88. The SMILES string of the molecule is CC1OC(Oc2ccc(-c3oc4cc(OC5OC(C)C(O)C(O)C5O)cc(O)c4c(=O)c3OC3OC(CO)C(O)C(O)C3O)cc2)C(O)C(O)C1O. The third kappa shape index (κ3) is 7.03. The predicted molar refractivity (Wildman–Crippen MR) is 170 cm³/mol. The molecule has 4 heterocycles. The summed E-state index contributed by atoms with van der Waals surface area (Å²) in [5, 5.41) is 112. The zero-order chi connectivity index (χ0) is 37.8. The number of ether oxygens (including phenoxy) is 6. The van der Waals surface area contributed by atoms with Gasteiger partial charge >= 0.3 is 0 Å². The van der Waals surface area contributed by atoms with Crippen LogP contribution in [0.4, 0.5) is 0 Å². The van der Waals surface area contributed by atoms with Crippen LogP contribution in [-0.4, -0.2) is 155 Å². The maximum atomic E-state index is 14.0. The van der Waals surface area contributed by atoms with Crippen LogP contribution in [0.1, 0.15) is 13.8 Å². The van der Waals surface area contributed by atoms with Crippen LogP contribution < -0.4 is 19.6 Å². The molecule has 11 N–H and O–H groups in total. The van der Waals surface area contributed by atoms with E-state index < -0.39 is 121 Å². The lowest BCUT2D eigenvalue weighted by Crippen LogP contribution is -2.60. The predicted octanol–water partition coefficient (Wildman–Crippen LogP) is -3.24. The summed E-state index contributed by atoms with van der Waals surface area (Å²) in [6.07, 6.45) is -22.8. The van der Waals surface area contributed by atoms with E-state index in [0.717, 1.165) is 12.1 Å². The Kier molecular flexibility index (Phi) is 11.0. The van der Waals surface area contributed by atoms with Crippen molar-refractivity contribution in [1.29, 1.82) is 0 Å². The number of rotatable bonds is 8. The van der Waals surface area contributed by atoms with Crippen LogP contribution in [0.5, 0.6) is 23.0 Å². The smallest absolute Gasteiger partial charge is 0.239 e. The van der Waals surface area contributed by atoms with Crippen molar-refractivity contribution in [2.45, 2.75) is 106 Å². The minimum Gasteiger partial charge on any atom is -0.507 e. The summed E-state index contributed by atoms with van der Waals surface area (Å²) in [5.41, 5.74) is -1.20. The molecule has 0 saturated carbocycles. The Morgan fingerprint density at radius 3 is 1.65 bits per heavy atom. The molecule has 19 heteroatoms. The number of phenolic OH excluding ortho intramolecular Hbond substituents is 1. The van der Waals surface area contributed by atoms with Gasteiger partial charge in [-0.05, 0) is 38.1 Å². The minimum atomic E-state index is -1.93. The molecule has 0 amide bonds. The summed E-state index contributed by atoms with van der Waals surface area (Å²) in [6, 6.07) is 7.65. The van der Waals surface area contributed by atoms with Crippen molar-refractivity contribution in [3.05, 3.63) is 46.6 Å². The second kappa shape index (κ2) is 15.0. The Morgan fingerprint density at radius 1 is 0.615 bits per heavy atom. The zero-order valence-corrected chi connectivity index (χ0v) is 27.5. The number of phenols is 1. The molecule has 2 aromatic carbocycles. The molecular formula is C33H40O19. The fourth-order valence-electron chi connectivity index (χ4n) is 6.08. The Bertz CT molecular complexity index is 1760. The maximum Gasteiger partial charge on any atom is 0.239 e. The Morgan fingerprint density at radius 2 is 1.12 bits per heavy atom. The largest absolute Gasteiger partial charge is 0.507 e. The van der Waals surface area contributed by atoms with E-state index in [-0.39, 0.29) is 28.4 Å². The fraction of sp³-hybridized carbons (Fsp3) is 0.545. The van der Waals surface area contributed by atoms with E-state index in [9.17, 15) is 61.0 Å². The third-order valence-electron chi connectivity index (χ3n) is 9.23. The van der Waals surface area contributed by atoms with Crippen LogP contribution in [0.2, 0.25) is 0 Å². The van der Waals surface area contributed by atoms with Gasteiger partial charge in [0.1, 0.15) is 89.3 Å². The summed E-state index contributed by atoms with van der Waals surface area (Å²) in [6.45, 7) is 2.12. The van der Waals surface area contributed by atoms with Gasteiger partial charge in [-0.2, -0.15) is 0 Å². The first kappa shape index (κ1) is 38.1. The van der Waals surface area contributed by atoms with Crippen LogP contribution in [-0.2, 0) is 14.2 Å². The normalized spacial score (nSPS) is 38.2. The number of aliphatic hydroxyl groups is 10. The Labute approximate surface area is 293 Å². The first-order chi connectivity index (χ1) is 24.6. The van der Waals surface area contributed by atoms with E-state index in [4.69, 9.17) is 32.8 Å². The van der Waals surface area contributed by atoms with Crippen molar-refractivity contribution in [1.82, 2.24) is 0 Å². The van der Waals surface area contributed by atoms with E-state index in [2.05, 4.69) is 0 Å². The van der Waals surface area contributed by atoms with Gasteiger partial charge in [0.05, 0.1) is 18.8 Å². The first-order valence-corrected chi connectivity index (χ1v) is 16.2. The molecule has 3 aromatic rings. The number of hydrogen-bond acceptors (Lipinski definition) is 19. The summed E-state index contributed by atoms with van der Waals surface area (Å²) in [5.74, 6) is -1.79. The molecule has 3 saturated heterocycles. The number of aliphatic hydroxyl groups excluding tert-OH is 10. The number of aromatic hydroxyl groups is 1. The van der Waals surface area contributed by atoms with E-state index >= 15 is 0 Å². The minimum absolute atomic E-state index is 0.101. The molecule has 15 unspecified atom stereocenters. The van der Waals surface area contributed by atoms with Gasteiger partial charge in [0.2, 0.25) is 30.0 Å². The summed E-state index contributed by atoms with van der Waals surface area (Å²) in [4.78, 5) is 14.0. The molecule has 0 radical (unpaired) electrons. The molecule has 19 nitrogen and oxygen atoms in total. The lowest BCUT2D eigenvalue weighted by Gasteiger charge is -2.39. The van der Waals surface area contributed by atoms with Crippen molar-refractivity contribution in [3.8, 4) is 34.3 Å². The van der Waals surface area contributed by atoms with Crippen LogP contribution in [0.25, 0.3) is 22.3 Å². The average molecular weight is 741 g/mol. The van der Waals surface area contributed by atoms with Crippen LogP contribution in [0, 0.1) is 0 Å². The quantitative estimate of drug-likeness (QED) is 0.108. The van der Waals surface area contributed by atoms with E-state index in [1.54, 1.807) is 0 Å². The molecule has 286 valence electrons. The Hall–Kier alpha value is -3.67. The molecular weight excluding hydrogens is 700 g/mol. The molecule has 0 spiro atoms. The van der Waals surface area contributed by atoms with Crippen LogP contribution >= 0.6 is 0 Å². The van der Waals surface area contributed by atoms with Crippen molar-refractivity contribution in [2.24, 2.45) is 0 Å². The summed E-state index contributed by atoms with van der Waals surface area (Å²) >= 11 is 0. The van der Waals surface area contributed by atoms with Gasteiger partial charge in [0, 0.05) is 17.7 Å². The van der Waals surface area contributed by atoms with E-state index in [0.29, 0.717) is 0 Å². The number of benzene rings is 2. The molecule has 15 atom stereocenters. The summed E-state index contributed by atoms with van der Waals surface area (Å²) in [7, 11) is 0. The number of fused-ring (bicyclic) bond motifs is 1. The second-order valence-corrected chi connectivity index (χ2v) is 12.8. The van der Waals surface area contributed by atoms with Crippen LogP contribution in [0.15, 0.2) is 45.6 Å². The molecule has 3 fully saturated rings. The van der Waals surface area contributed by atoms with Crippen molar-refractivity contribution in [3.63, 3.8) is 0 Å². The average Bonchev–Trinajstić information content (AvgIpc) is 3.12. The van der Waals surface area contributed by atoms with Gasteiger partial charge in [-0.1, -0.05) is 0 Å². The standard InChI is InChI=1S/C33H40O19/c1-10-19(36)23(40)26(43)31(46-10)48-13-5-3-12(4-6-13)29-30(52-33-28(45)25(42)21(38)17(9-34)51-33)22(39)18-15(35)7-14(8-16(18)50-29)49-32-27(44)24(41)20(37)11(2)47-32/h3-8,10-11,17,19-21,23-28,31-38,40-45H,9H2,1-2H3. The van der Waals surface area contributed by atoms with Gasteiger partial charge in [0.25, 0.3) is 0 Å². The second-order valence-electron chi connectivity index (χ2n) is 12.8. The lowest BCUT2D eigenvalue weighted by atomic mass is 9.99. The molecule has 3 aliphatic rings. The highest BCUT2D eigenvalue weighted by atomic mass is 16.7. The van der Waals surface area contributed by atoms with Crippen molar-refractivity contribution >= 4 is 11.0 Å². The lowest BCUT2D eigenvalue weighted by molar-refractivity contribution is -0.277. The van der Waals surface area contributed by atoms with Gasteiger partial charge < -0.3 is 89.0 Å². The topological polar surface area (TPSA) is 308 Å². The summed E-state index contributed by atoms with van der Waals surface area (Å²) < 4.78 is 39.5. The van der Waals surface area contributed by atoms with Gasteiger partial charge in [0.15, 0.2) is 5.76 Å². The van der Waals surface area contributed by atoms with Gasteiger partial charge in [-0.3, -0.25) is 4.79 Å².